The van der Waals surface area contributed by atoms with Gasteiger partial charge in [0.2, 0.25) is 0 Å². The molecule has 0 spiro atoms. The van der Waals surface area contributed by atoms with Gasteiger partial charge in [-0.15, -0.1) is 0 Å². The molecule has 2 rings (SSSR count). The molecule has 0 unspecified atom stereocenters. The van der Waals surface area contributed by atoms with Crippen LogP contribution < -0.4 is 10.2 Å². The van der Waals surface area contributed by atoms with E-state index in [9.17, 15) is 0 Å². The summed E-state index contributed by atoms with van der Waals surface area (Å²) in [5.74, 6) is 1.76. The lowest BCUT2D eigenvalue weighted by molar-refractivity contribution is 0.0638. The first kappa shape index (κ1) is 15.3. The third-order valence-corrected chi connectivity index (χ3v) is 3.64. The van der Waals surface area contributed by atoms with Gasteiger partial charge in [-0.1, -0.05) is 19.9 Å². The van der Waals surface area contributed by atoms with E-state index in [4.69, 9.17) is 4.74 Å². The molecule has 0 aromatic carbocycles. The average molecular weight is 277 g/mol. The van der Waals surface area contributed by atoms with E-state index in [1.165, 1.54) is 5.56 Å². The minimum Gasteiger partial charge on any atom is -0.377 e. The quantitative estimate of drug-likeness (QED) is 0.897. The van der Waals surface area contributed by atoms with Gasteiger partial charge in [0.25, 0.3) is 0 Å². The highest BCUT2D eigenvalue weighted by Crippen LogP contribution is 2.27. The molecular weight excluding hydrogens is 250 g/mol. The largest absolute Gasteiger partial charge is 0.377 e. The third-order valence-electron chi connectivity index (χ3n) is 3.64. The molecule has 0 saturated carbocycles. The SMILES string of the molecule is CC(C)CNCc1cccnc1N1CCOCC1(C)C. The Labute approximate surface area is 122 Å². The second-order valence-corrected chi connectivity index (χ2v) is 6.53. The Morgan fingerprint density at radius 1 is 1.45 bits per heavy atom. The molecule has 1 aliphatic rings. The van der Waals surface area contributed by atoms with Crippen LogP contribution in [-0.2, 0) is 11.3 Å². The number of ether oxygens (including phenoxy) is 1. The van der Waals surface area contributed by atoms with E-state index in [-0.39, 0.29) is 5.54 Å². The molecule has 0 bridgehead atoms. The van der Waals surface area contributed by atoms with Crippen molar-refractivity contribution in [2.75, 3.05) is 31.2 Å². The second-order valence-electron chi connectivity index (χ2n) is 6.53. The van der Waals surface area contributed by atoms with E-state index >= 15 is 0 Å². The molecule has 0 radical (unpaired) electrons. The Balaban J connectivity index is 2.14. The van der Waals surface area contributed by atoms with E-state index in [1.807, 2.05) is 12.3 Å². The summed E-state index contributed by atoms with van der Waals surface area (Å²) in [5, 5.41) is 3.51. The van der Waals surface area contributed by atoms with E-state index < -0.39 is 0 Å². The molecule has 4 nitrogen and oxygen atoms in total. The zero-order valence-electron chi connectivity index (χ0n) is 13.1. The van der Waals surface area contributed by atoms with Gasteiger partial charge in [-0.2, -0.15) is 0 Å². The van der Waals surface area contributed by atoms with Crippen LogP contribution in [0.3, 0.4) is 0 Å². The highest BCUT2D eigenvalue weighted by atomic mass is 16.5. The average Bonchev–Trinajstić information content (AvgIpc) is 2.39. The van der Waals surface area contributed by atoms with Crippen molar-refractivity contribution >= 4 is 5.82 Å². The lowest BCUT2D eigenvalue weighted by Crippen LogP contribution is -2.54. The molecular formula is C16H27N3O. The Kier molecular flexibility index (Phi) is 5.00. The first-order valence-corrected chi connectivity index (χ1v) is 7.51. The normalized spacial score (nSPS) is 18.6. The van der Waals surface area contributed by atoms with E-state index in [2.05, 4.69) is 49.0 Å². The molecule has 0 amide bonds. The van der Waals surface area contributed by atoms with Crippen LogP contribution in [0.15, 0.2) is 18.3 Å². The van der Waals surface area contributed by atoms with Crippen LogP contribution in [0.25, 0.3) is 0 Å². The van der Waals surface area contributed by atoms with Crippen molar-refractivity contribution in [3.05, 3.63) is 23.9 Å². The van der Waals surface area contributed by atoms with Gasteiger partial charge in [-0.3, -0.25) is 0 Å². The van der Waals surface area contributed by atoms with Crippen molar-refractivity contribution in [2.45, 2.75) is 39.8 Å². The smallest absolute Gasteiger partial charge is 0.133 e. The van der Waals surface area contributed by atoms with Crippen molar-refractivity contribution in [1.82, 2.24) is 10.3 Å². The van der Waals surface area contributed by atoms with E-state index in [0.29, 0.717) is 5.92 Å². The monoisotopic (exact) mass is 277 g/mol. The van der Waals surface area contributed by atoms with Crippen molar-refractivity contribution in [2.24, 2.45) is 5.92 Å². The topological polar surface area (TPSA) is 37.4 Å². The number of anilines is 1. The first-order chi connectivity index (χ1) is 9.50. The van der Waals surface area contributed by atoms with Gasteiger partial charge in [0.1, 0.15) is 5.82 Å². The predicted molar refractivity (Wildman–Crippen MR) is 83.0 cm³/mol. The van der Waals surface area contributed by atoms with Crippen molar-refractivity contribution in [1.29, 1.82) is 0 Å². The molecule has 1 N–H and O–H groups in total. The lowest BCUT2D eigenvalue weighted by Gasteiger charge is -2.43. The number of nitrogens with one attached hydrogen (secondary N) is 1. The highest BCUT2D eigenvalue weighted by Gasteiger charge is 2.32. The van der Waals surface area contributed by atoms with Crippen LogP contribution in [0.2, 0.25) is 0 Å². The van der Waals surface area contributed by atoms with E-state index in [1.54, 1.807) is 0 Å². The number of hydrogen-bond donors (Lipinski definition) is 1. The van der Waals surface area contributed by atoms with Crippen LogP contribution in [0.1, 0.15) is 33.3 Å². The summed E-state index contributed by atoms with van der Waals surface area (Å²) in [5.41, 5.74) is 1.27. The van der Waals surface area contributed by atoms with Gasteiger partial charge >= 0.3 is 0 Å². The fourth-order valence-electron chi connectivity index (χ4n) is 2.56. The number of aromatic nitrogens is 1. The summed E-state index contributed by atoms with van der Waals surface area (Å²) in [6.45, 7) is 13.2. The van der Waals surface area contributed by atoms with Gasteiger partial charge < -0.3 is 15.0 Å². The third kappa shape index (κ3) is 3.70. The maximum absolute atomic E-state index is 5.60. The van der Waals surface area contributed by atoms with Crippen LogP contribution in [0.5, 0.6) is 0 Å². The van der Waals surface area contributed by atoms with Gasteiger partial charge in [0, 0.05) is 24.8 Å². The maximum Gasteiger partial charge on any atom is 0.133 e. The molecule has 1 fully saturated rings. The Morgan fingerprint density at radius 3 is 2.95 bits per heavy atom. The number of pyridine rings is 1. The molecule has 1 aromatic heterocycles. The number of nitrogens with zero attached hydrogens (tertiary/aromatic N) is 2. The number of rotatable bonds is 5. The van der Waals surface area contributed by atoms with E-state index in [0.717, 1.165) is 38.7 Å². The minimum atomic E-state index is -0.000594. The van der Waals surface area contributed by atoms with Crippen LogP contribution in [0.4, 0.5) is 5.82 Å². The van der Waals surface area contributed by atoms with Gasteiger partial charge in [0.15, 0.2) is 0 Å². The molecule has 0 aliphatic carbocycles. The maximum atomic E-state index is 5.60. The molecule has 1 saturated heterocycles. The minimum absolute atomic E-state index is 0.000594. The zero-order chi connectivity index (χ0) is 14.6. The predicted octanol–water partition coefficient (Wildman–Crippen LogP) is 2.44. The van der Waals surface area contributed by atoms with Gasteiger partial charge in [0.05, 0.1) is 18.8 Å². The Bertz CT molecular complexity index is 431. The van der Waals surface area contributed by atoms with Crippen molar-refractivity contribution < 1.29 is 4.74 Å². The summed E-state index contributed by atoms with van der Waals surface area (Å²) in [7, 11) is 0. The van der Waals surface area contributed by atoms with Crippen LogP contribution in [0, 0.1) is 5.92 Å². The second kappa shape index (κ2) is 6.55. The zero-order valence-corrected chi connectivity index (χ0v) is 13.1. The Hall–Kier alpha value is -1.13. The summed E-state index contributed by atoms with van der Waals surface area (Å²) in [4.78, 5) is 7.00. The number of hydrogen-bond acceptors (Lipinski definition) is 4. The molecule has 4 heteroatoms. The molecule has 2 heterocycles. The fraction of sp³-hybridized carbons (Fsp3) is 0.688. The number of morpholine rings is 1. The first-order valence-electron chi connectivity index (χ1n) is 7.51. The van der Waals surface area contributed by atoms with Gasteiger partial charge in [-0.25, -0.2) is 4.98 Å². The van der Waals surface area contributed by atoms with Crippen LogP contribution >= 0.6 is 0 Å². The standard InChI is InChI=1S/C16H27N3O/c1-13(2)10-17-11-14-6-5-7-18-15(14)19-8-9-20-12-16(19,3)4/h5-7,13,17H,8-12H2,1-4H3. The van der Waals surface area contributed by atoms with Crippen molar-refractivity contribution in [3.8, 4) is 0 Å². The highest BCUT2D eigenvalue weighted by molar-refractivity contribution is 5.49. The van der Waals surface area contributed by atoms with Crippen molar-refractivity contribution in [3.63, 3.8) is 0 Å². The summed E-state index contributed by atoms with van der Waals surface area (Å²) in [6, 6.07) is 4.19. The molecule has 0 atom stereocenters. The summed E-state index contributed by atoms with van der Waals surface area (Å²) in [6.07, 6.45) is 1.88. The molecule has 20 heavy (non-hydrogen) atoms. The Morgan fingerprint density at radius 2 is 2.25 bits per heavy atom. The lowest BCUT2D eigenvalue weighted by atomic mass is 10.0. The van der Waals surface area contributed by atoms with Crippen LogP contribution in [-0.4, -0.2) is 36.8 Å². The van der Waals surface area contributed by atoms with Gasteiger partial charge in [-0.05, 0) is 32.4 Å². The summed E-state index contributed by atoms with van der Waals surface area (Å²) >= 11 is 0. The molecule has 112 valence electrons. The summed E-state index contributed by atoms with van der Waals surface area (Å²) < 4.78 is 5.60. The fourth-order valence-corrected chi connectivity index (χ4v) is 2.56. The molecule has 1 aliphatic heterocycles. The molecule has 1 aromatic rings.